The molecule has 1 aromatic heterocycles. The molecule has 0 radical (unpaired) electrons. The minimum absolute atomic E-state index is 0.394. The molecule has 2 aromatic rings. The first-order valence-electron chi connectivity index (χ1n) is 8.36. The fraction of sp³-hybridized carbons (Fsp3) is 0.450. The molecule has 116 valence electrons. The third kappa shape index (κ3) is 2.46. The highest BCUT2D eigenvalue weighted by Gasteiger charge is 2.25. The second kappa shape index (κ2) is 5.85. The molecule has 0 unspecified atom stereocenters. The van der Waals surface area contributed by atoms with Crippen LogP contribution in [-0.2, 0) is 19.3 Å². The number of benzene rings is 1. The van der Waals surface area contributed by atoms with E-state index in [-0.39, 0.29) is 0 Å². The van der Waals surface area contributed by atoms with Crippen molar-refractivity contribution in [3.8, 4) is 11.3 Å². The summed E-state index contributed by atoms with van der Waals surface area (Å²) in [7, 11) is 0. The van der Waals surface area contributed by atoms with E-state index in [9.17, 15) is 5.11 Å². The Morgan fingerprint density at radius 1 is 1.09 bits per heavy atom. The van der Waals surface area contributed by atoms with Gasteiger partial charge in [0.1, 0.15) is 0 Å². The van der Waals surface area contributed by atoms with E-state index in [1.807, 2.05) is 0 Å². The summed E-state index contributed by atoms with van der Waals surface area (Å²) < 4.78 is 0. The Bertz CT molecular complexity index is 693. The van der Waals surface area contributed by atoms with Crippen molar-refractivity contribution in [1.29, 1.82) is 0 Å². The van der Waals surface area contributed by atoms with Crippen molar-refractivity contribution in [3.05, 3.63) is 51.7 Å². The van der Waals surface area contributed by atoms with Crippen LogP contribution in [0.4, 0.5) is 0 Å². The average Bonchev–Trinajstić information content (AvgIpc) is 2.88. The Kier molecular flexibility index (Phi) is 4.05. The van der Waals surface area contributed by atoms with Crippen molar-refractivity contribution in [1.82, 2.24) is 4.98 Å². The monoisotopic (exact) mass is 295 g/mol. The Morgan fingerprint density at radius 2 is 1.73 bits per heavy atom. The lowest BCUT2D eigenvalue weighted by Crippen LogP contribution is -2.03. The van der Waals surface area contributed by atoms with Crippen molar-refractivity contribution in [2.75, 3.05) is 0 Å². The second-order valence-electron chi connectivity index (χ2n) is 6.41. The summed E-state index contributed by atoms with van der Waals surface area (Å²) in [5.41, 5.74) is 9.76. The van der Waals surface area contributed by atoms with Crippen LogP contribution >= 0.6 is 0 Å². The molecule has 2 heteroatoms. The standard InChI is InChI=1S/C20H25NO/c1-5-14-9-12(3)10-15(6-2)19(14)17-11-13(4)16-7-8-18(22)20(16)21-17/h9-11,18,22H,5-8H2,1-4H3/t18-/m1/s1. The number of hydrogen-bond acceptors (Lipinski definition) is 2. The molecule has 0 amide bonds. The fourth-order valence-corrected chi connectivity index (χ4v) is 3.70. The zero-order valence-corrected chi connectivity index (χ0v) is 14.0. The minimum Gasteiger partial charge on any atom is -0.387 e. The number of nitrogens with zero attached hydrogens (tertiary/aromatic N) is 1. The maximum atomic E-state index is 10.2. The number of hydrogen-bond donors (Lipinski definition) is 1. The Hall–Kier alpha value is -1.67. The summed E-state index contributed by atoms with van der Waals surface area (Å²) in [6.07, 6.45) is 3.37. The molecule has 1 atom stereocenters. The zero-order chi connectivity index (χ0) is 15.9. The van der Waals surface area contributed by atoms with Gasteiger partial charge in [0.2, 0.25) is 0 Å². The van der Waals surface area contributed by atoms with Gasteiger partial charge >= 0.3 is 0 Å². The number of pyridine rings is 1. The molecule has 0 saturated heterocycles. The zero-order valence-electron chi connectivity index (χ0n) is 14.0. The van der Waals surface area contributed by atoms with E-state index in [1.54, 1.807) is 0 Å². The van der Waals surface area contributed by atoms with Crippen LogP contribution in [0.5, 0.6) is 0 Å². The predicted octanol–water partition coefficient (Wildman–Crippen LogP) is 4.47. The molecule has 1 aromatic carbocycles. The molecule has 0 fully saturated rings. The second-order valence-corrected chi connectivity index (χ2v) is 6.41. The topological polar surface area (TPSA) is 33.1 Å². The molecule has 1 aliphatic rings. The van der Waals surface area contributed by atoms with Crippen LogP contribution in [0.25, 0.3) is 11.3 Å². The van der Waals surface area contributed by atoms with E-state index in [1.165, 1.54) is 33.4 Å². The van der Waals surface area contributed by atoms with E-state index < -0.39 is 6.10 Å². The normalized spacial score (nSPS) is 16.9. The third-order valence-corrected chi connectivity index (χ3v) is 4.83. The van der Waals surface area contributed by atoms with Gasteiger partial charge in [0.05, 0.1) is 17.5 Å². The van der Waals surface area contributed by atoms with Crippen LogP contribution < -0.4 is 0 Å². The molecule has 1 heterocycles. The van der Waals surface area contributed by atoms with Gasteiger partial charge in [-0.25, -0.2) is 4.98 Å². The van der Waals surface area contributed by atoms with Gasteiger partial charge in [-0.1, -0.05) is 31.5 Å². The summed E-state index contributed by atoms with van der Waals surface area (Å²) in [6.45, 7) is 8.71. The molecule has 1 N–H and O–H groups in total. The van der Waals surface area contributed by atoms with Crippen LogP contribution in [0.15, 0.2) is 18.2 Å². The molecular weight excluding hydrogens is 270 g/mol. The lowest BCUT2D eigenvalue weighted by atomic mass is 9.91. The van der Waals surface area contributed by atoms with Crippen molar-refractivity contribution in [2.45, 2.75) is 59.5 Å². The van der Waals surface area contributed by atoms with E-state index >= 15 is 0 Å². The maximum Gasteiger partial charge on any atom is 0.0966 e. The number of aliphatic hydroxyl groups excluding tert-OH is 1. The highest BCUT2D eigenvalue weighted by Crippen LogP contribution is 2.36. The van der Waals surface area contributed by atoms with Crippen molar-refractivity contribution in [3.63, 3.8) is 0 Å². The summed E-state index contributed by atoms with van der Waals surface area (Å²) in [4.78, 5) is 4.86. The first-order valence-corrected chi connectivity index (χ1v) is 8.36. The fourth-order valence-electron chi connectivity index (χ4n) is 3.70. The van der Waals surface area contributed by atoms with Crippen LogP contribution in [0.3, 0.4) is 0 Å². The minimum atomic E-state index is -0.394. The molecule has 0 saturated carbocycles. The molecule has 3 rings (SSSR count). The molecule has 22 heavy (non-hydrogen) atoms. The van der Waals surface area contributed by atoms with E-state index in [0.717, 1.165) is 37.1 Å². The van der Waals surface area contributed by atoms with Gasteiger partial charge in [-0.2, -0.15) is 0 Å². The number of aryl methyl sites for hydroxylation is 4. The van der Waals surface area contributed by atoms with Gasteiger partial charge in [-0.15, -0.1) is 0 Å². The summed E-state index contributed by atoms with van der Waals surface area (Å²) in [5.74, 6) is 0. The van der Waals surface area contributed by atoms with Gasteiger partial charge in [0.25, 0.3) is 0 Å². The van der Waals surface area contributed by atoms with Gasteiger partial charge in [-0.05, 0) is 67.9 Å². The number of aromatic nitrogens is 1. The van der Waals surface area contributed by atoms with Gasteiger partial charge < -0.3 is 5.11 Å². The highest BCUT2D eigenvalue weighted by atomic mass is 16.3. The molecule has 0 aliphatic heterocycles. The number of aliphatic hydroxyl groups is 1. The van der Waals surface area contributed by atoms with E-state index in [4.69, 9.17) is 4.98 Å². The Labute approximate surface area is 133 Å². The first-order chi connectivity index (χ1) is 10.5. The Morgan fingerprint density at radius 3 is 2.32 bits per heavy atom. The lowest BCUT2D eigenvalue weighted by Gasteiger charge is -2.17. The molecule has 2 nitrogen and oxygen atoms in total. The third-order valence-electron chi connectivity index (χ3n) is 4.83. The van der Waals surface area contributed by atoms with Crippen LogP contribution in [-0.4, -0.2) is 10.1 Å². The first kappa shape index (κ1) is 15.2. The van der Waals surface area contributed by atoms with Crippen LogP contribution in [0, 0.1) is 13.8 Å². The predicted molar refractivity (Wildman–Crippen MR) is 91.2 cm³/mol. The Balaban J connectivity index is 2.24. The number of rotatable bonds is 3. The van der Waals surface area contributed by atoms with Gasteiger partial charge in [0.15, 0.2) is 0 Å². The van der Waals surface area contributed by atoms with Crippen LogP contribution in [0.1, 0.15) is 59.9 Å². The van der Waals surface area contributed by atoms with Crippen molar-refractivity contribution in [2.24, 2.45) is 0 Å². The molecular formula is C20H25NO. The average molecular weight is 295 g/mol. The van der Waals surface area contributed by atoms with E-state index in [2.05, 4.69) is 45.9 Å². The molecule has 0 bridgehead atoms. The largest absolute Gasteiger partial charge is 0.387 e. The van der Waals surface area contributed by atoms with Gasteiger partial charge in [0, 0.05) is 5.56 Å². The summed E-state index contributed by atoms with van der Waals surface area (Å²) >= 11 is 0. The lowest BCUT2D eigenvalue weighted by molar-refractivity contribution is 0.176. The smallest absolute Gasteiger partial charge is 0.0966 e. The highest BCUT2D eigenvalue weighted by molar-refractivity contribution is 5.70. The van der Waals surface area contributed by atoms with Crippen molar-refractivity contribution >= 4 is 0 Å². The van der Waals surface area contributed by atoms with E-state index in [0.29, 0.717) is 0 Å². The quantitative estimate of drug-likeness (QED) is 0.906. The van der Waals surface area contributed by atoms with Crippen LogP contribution in [0.2, 0.25) is 0 Å². The molecule has 1 aliphatic carbocycles. The SMILES string of the molecule is CCc1cc(C)cc(CC)c1-c1cc(C)c2c(n1)[C@H](O)CC2. The number of fused-ring (bicyclic) bond motifs is 1. The summed E-state index contributed by atoms with van der Waals surface area (Å²) in [5, 5.41) is 10.2. The summed E-state index contributed by atoms with van der Waals surface area (Å²) in [6, 6.07) is 6.75. The van der Waals surface area contributed by atoms with Crippen molar-refractivity contribution < 1.29 is 5.11 Å². The maximum absolute atomic E-state index is 10.2. The van der Waals surface area contributed by atoms with Gasteiger partial charge in [-0.3, -0.25) is 0 Å². The molecule has 0 spiro atoms.